The molecule has 0 unspecified atom stereocenters. The number of benzene rings is 1. The first kappa shape index (κ1) is 15.1. The standard InChI is InChI=1S/C14H15ClN2O2S/c1-8(2)12(9-3-5-10(15)6-4-9)13(19)17-14-16-11(18)7-20-14/h3-6,8,12H,7H2,1-2H3,(H,16,17,18,19)/t12-/m0/s1. The Morgan fingerprint density at radius 1 is 1.35 bits per heavy atom. The van der Waals surface area contributed by atoms with E-state index in [9.17, 15) is 9.59 Å². The van der Waals surface area contributed by atoms with Crippen molar-refractivity contribution >= 4 is 40.3 Å². The normalized spacial score (nSPS) is 18.4. The molecule has 1 aromatic rings. The first-order chi connectivity index (χ1) is 9.47. The zero-order valence-corrected chi connectivity index (χ0v) is 12.8. The Kier molecular flexibility index (Phi) is 4.83. The second-order valence-electron chi connectivity index (χ2n) is 4.87. The number of hydrogen-bond acceptors (Lipinski definition) is 3. The Hall–Kier alpha value is -1.33. The first-order valence-corrected chi connectivity index (χ1v) is 7.64. The van der Waals surface area contributed by atoms with Crippen molar-refractivity contribution in [2.45, 2.75) is 19.8 Å². The molecule has 0 aromatic heterocycles. The molecule has 1 aliphatic heterocycles. The molecular formula is C14H15ClN2O2S. The second kappa shape index (κ2) is 6.41. The average Bonchev–Trinajstić information content (AvgIpc) is 2.77. The summed E-state index contributed by atoms with van der Waals surface area (Å²) in [7, 11) is 0. The topological polar surface area (TPSA) is 58.5 Å². The molecule has 0 bridgehead atoms. The third-order valence-electron chi connectivity index (χ3n) is 2.96. The fourth-order valence-electron chi connectivity index (χ4n) is 2.04. The van der Waals surface area contributed by atoms with E-state index in [4.69, 9.17) is 11.6 Å². The molecule has 1 aliphatic rings. The molecule has 1 saturated heterocycles. The Balaban J connectivity index is 2.22. The molecular weight excluding hydrogens is 296 g/mol. The minimum atomic E-state index is -0.335. The summed E-state index contributed by atoms with van der Waals surface area (Å²) in [5.41, 5.74) is 0.882. The lowest BCUT2D eigenvalue weighted by molar-refractivity contribution is -0.120. The predicted octanol–water partition coefficient (Wildman–Crippen LogP) is 2.83. The summed E-state index contributed by atoms with van der Waals surface area (Å²) in [5, 5.41) is 3.59. The van der Waals surface area contributed by atoms with E-state index in [2.05, 4.69) is 10.3 Å². The van der Waals surface area contributed by atoms with Crippen LogP contribution in [0.2, 0.25) is 5.02 Å². The van der Waals surface area contributed by atoms with Gasteiger partial charge in [-0.1, -0.05) is 49.3 Å². The van der Waals surface area contributed by atoms with Crippen molar-refractivity contribution in [1.82, 2.24) is 5.32 Å². The summed E-state index contributed by atoms with van der Waals surface area (Å²) in [6, 6.07) is 7.20. The Morgan fingerprint density at radius 3 is 2.50 bits per heavy atom. The number of hydrogen-bond donors (Lipinski definition) is 1. The molecule has 1 aromatic carbocycles. The number of thioether (sulfide) groups is 1. The summed E-state index contributed by atoms with van der Waals surface area (Å²) < 4.78 is 0. The van der Waals surface area contributed by atoms with Gasteiger partial charge in [-0.05, 0) is 23.6 Å². The van der Waals surface area contributed by atoms with Gasteiger partial charge in [0.2, 0.25) is 5.91 Å². The highest BCUT2D eigenvalue weighted by Gasteiger charge is 2.26. The summed E-state index contributed by atoms with van der Waals surface area (Å²) in [6.07, 6.45) is 0. The van der Waals surface area contributed by atoms with Crippen LogP contribution in [0.5, 0.6) is 0 Å². The van der Waals surface area contributed by atoms with E-state index in [-0.39, 0.29) is 23.7 Å². The maximum Gasteiger partial charge on any atom is 0.255 e. The molecule has 0 spiro atoms. The van der Waals surface area contributed by atoms with E-state index in [0.29, 0.717) is 15.9 Å². The molecule has 4 nitrogen and oxygen atoms in total. The van der Waals surface area contributed by atoms with E-state index in [1.165, 1.54) is 11.8 Å². The monoisotopic (exact) mass is 310 g/mol. The first-order valence-electron chi connectivity index (χ1n) is 6.28. The Labute approximate surface area is 127 Å². The van der Waals surface area contributed by atoms with Crippen LogP contribution in [-0.4, -0.2) is 22.7 Å². The SMILES string of the molecule is CC(C)[C@H](C(=O)N=C1NC(=O)CS1)c1ccc(Cl)cc1. The number of nitrogens with zero attached hydrogens (tertiary/aromatic N) is 1. The van der Waals surface area contributed by atoms with Gasteiger partial charge in [-0.3, -0.25) is 9.59 Å². The van der Waals surface area contributed by atoms with E-state index < -0.39 is 0 Å². The van der Waals surface area contributed by atoms with Crippen LogP contribution >= 0.6 is 23.4 Å². The van der Waals surface area contributed by atoms with Gasteiger partial charge in [-0.2, -0.15) is 4.99 Å². The minimum Gasteiger partial charge on any atom is -0.304 e. The molecule has 0 aliphatic carbocycles. The number of amidine groups is 1. The van der Waals surface area contributed by atoms with Gasteiger partial charge in [-0.15, -0.1) is 0 Å². The predicted molar refractivity (Wildman–Crippen MR) is 82.1 cm³/mol. The molecule has 1 atom stereocenters. The summed E-state index contributed by atoms with van der Waals surface area (Å²) in [6.45, 7) is 3.94. The lowest BCUT2D eigenvalue weighted by Crippen LogP contribution is -2.23. The third kappa shape index (κ3) is 3.61. The number of carbonyl (C=O) groups excluding carboxylic acids is 2. The van der Waals surface area contributed by atoms with Gasteiger partial charge in [0.15, 0.2) is 5.17 Å². The maximum absolute atomic E-state index is 12.3. The van der Waals surface area contributed by atoms with Crippen molar-refractivity contribution in [3.63, 3.8) is 0 Å². The fraction of sp³-hybridized carbons (Fsp3) is 0.357. The van der Waals surface area contributed by atoms with E-state index >= 15 is 0 Å². The fourth-order valence-corrected chi connectivity index (χ4v) is 2.84. The van der Waals surface area contributed by atoms with Gasteiger partial charge < -0.3 is 5.32 Å². The summed E-state index contributed by atoms with van der Waals surface area (Å²) >= 11 is 7.12. The van der Waals surface area contributed by atoms with E-state index in [1.807, 2.05) is 26.0 Å². The molecule has 6 heteroatoms. The molecule has 2 amide bonds. The van der Waals surface area contributed by atoms with Crippen molar-refractivity contribution in [3.05, 3.63) is 34.9 Å². The zero-order valence-electron chi connectivity index (χ0n) is 11.2. The van der Waals surface area contributed by atoms with Crippen LogP contribution < -0.4 is 5.32 Å². The van der Waals surface area contributed by atoms with Crippen LogP contribution in [-0.2, 0) is 9.59 Å². The number of rotatable bonds is 3. The summed E-state index contributed by atoms with van der Waals surface area (Å²) in [5.74, 6) is -0.270. The highest BCUT2D eigenvalue weighted by atomic mass is 35.5. The second-order valence-corrected chi connectivity index (χ2v) is 6.27. The molecule has 106 valence electrons. The Bertz CT molecular complexity index is 555. The van der Waals surface area contributed by atoms with Crippen LogP contribution in [0.3, 0.4) is 0 Å². The number of carbonyl (C=O) groups is 2. The highest BCUT2D eigenvalue weighted by molar-refractivity contribution is 8.15. The van der Waals surface area contributed by atoms with Crippen LogP contribution in [0.25, 0.3) is 0 Å². The number of aliphatic imine (C=N–C) groups is 1. The number of halogens is 1. The molecule has 0 radical (unpaired) electrons. The number of amides is 2. The van der Waals surface area contributed by atoms with Gasteiger partial charge in [0.25, 0.3) is 5.91 Å². The third-order valence-corrected chi connectivity index (χ3v) is 4.09. The van der Waals surface area contributed by atoms with Crippen LogP contribution in [0.4, 0.5) is 0 Å². The van der Waals surface area contributed by atoms with Gasteiger partial charge in [0.05, 0.1) is 11.7 Å². The van der Waals surface area contributed by atoms with Gasteiger partial charge >= 0.3 is 0 Å². The van der Waals surface area contributed by atoms with Gasteiger partial charge in [-0.25, -0.2) is 0 Å². The highest BCUT2D eigenvalue weighted by Crippen LogP contribution is 2.27. The van der Waals surface area contributed by atoms with Crippen molar-refractivity contribution < 1.29 is 9.59 Å². The zero-order chi connectivity index (χ0) is 14.7. The quantitative estimate of drug-likeness (QED) is 0.934. The molecule has 2 rings (SSSR count). The van der Waals surface area contributed by atoms with Crippen molar-refractivity contribution in [3.8, 4) is 0 Å². The van der Waals surface area contributed by atoms with Crippen LogP contribution in [0.15, 0.2) is 29.3 Å². The maximum atomic E-state index is 12.3. The van der Waals surface area contributed by atoms with Gasteiger partial charge in [0, 0.05) is 5.02 Å². The smallest absolute Gasteiger partial charge is 0.255 e. The molecule has 0 saturated carbocycles. The van der Waals surface area contributed by atoms with E-state index in [0.717, 1.165) is 5.56 Å². The largest absolute Gasteiger partial charge is 0.304 e. The Morgan fingerprint density at radius 2 is 2.00 bits per heavy atom. The molecule has 1 N–H and O–H groups in total. The van der Waals surface area contributed by atoms with E-state index in [1.54, 1.807) is 12.1 Å². The molecule has 1 fully saturated rings. The van der Waals surface area contributed by atoms with Crippen molar-refractivity contribution in [2.24, 2.45) is 10.9 Å². The molecule has 1 heterocycles. The lowest BCUT2D eigenvalue weighted by Gasteiger charge is -2.18. The lowest BCUT2D eigenvalue weighted by atomic mass is 9.88. The van der Waals surface area contributed by atoms with Crippen molar-refractivity contribution in [2.75, 3.05) is 5.75 Å². The minimum absolute atomic E-state index is 0.107. The number of nitrogens with one attached hydrogen (secondary N) is 1. The summed E-state index contributed by atoms with van der Waals surface area (Å²) in [4.78, 5) is 27.5. The average molecular weight is 311 g/mol. The van der Waals surface area contributed by atoms with Crippen LogP contribution in [0.1, 0.15) is 25.3 Å². The molecule has 20 heavy (non-hydrogen) atoms. The van der Waals surface area contributed by atoms with Gasteiger partial charge in [0.1, 0.15) is 0 Å². The van der Waals surface area contributed by atoms with Crippen LogP contribution in [0, 0.1) is 5.92 Å². The van der Waals surface area contributed by atoms with Crippen molar-refractivity contribution in [1.29, 1.82) is 0 Å².